The van der Waals surface area contributed by atoms with Crippen molar-refractivity contribution < 1.29 is 28.2 Å². The number of benzene rings is 3. The lowest BCUT2D eigenvalue weighted by Gasteiger charge is -2.33. The SMILES string of the molecule is COc1cc(CN(C(=O)Nc2ccc(F)cc2F)C2CCCCc3ccccc32)cc(OC)c1O. The number of aromatic hydroxyl groups is 1. The van der Waals surface area contributed by atoms with Crippen LogP contribution in [0, 0.1) is 11.6 Å². The number of phenols is 1. The van der Waals surface area contributed by atoms with E-state index in [9.17, 15) is 18.7 Å². The van der Waals surface area contributed by atoms with Gasteiger partial charge in [-0.2, -0.15) is 0 Å². The van der Waals surface area contributed by atoms with Gasteiger partial charge >= 0.3 is 6.03 Å². The molecule has 35 heavy (non-hydrogen) atoms. The van der Waals surface area contributed by atoms with Crippen LogP contribution in [0.15, 0.2) is 54.6 Å². The number of carbonyl (C=O) groups excluding carboxylic acids is 1. The van der Waals surface area contributed by atoms with Crippen molar-refractivity contribution in [3.05, 3.63) is 82.9 Å². The average Bonchev–Trinajstić information content (AvgIpc) is 3.07. The minimum Gasteiger partial charge on any atom is -0.502 e. The fourth-order valence-corrected chi connectivity index (χ4v) is 4.56. The highest BCUT2D eigenvalue weighted by Crippen LogP contribution is 2.39. The van der Waals surface area contributed by atoms with Crippen molar-refractivity contribution in [3.8, 4) is 17.2 Å². The molecule has 2 N–H and O–H groups in total. The molecular weight excluding hydrogens is 454 g/mol. The molecule has 3 aromatic rings. The predicted octanol–water partition coefficient (Wildman–Crippen LogP) is 6.19. The van der Waals surface area contributed by atoms with E-state index in [1.165, 1.54) is 25.8 Å². The van der Waals surface area contributed by atoms with Gasteiger partial charge in [-0.15, -0.1) is 0 Å². The number of hydrogen-bond donors (Lipinski definition) is 2. The van der Waals surface area contributed by atoms with Crippen molar-refractivity contribution in [1.82, 2.24) is 4.90 Å². The molecular formula is C27H28F2N2O4. The first-order valence-electron chi connectivity index (χ1n) is 11.5. The second-order valence-corrected chi connectivity index (χ2v) is 8.49. The molecule has 184 valence electrons. The van der Waals surface area contributed by atoms with E-state index in [2.05, 4.69) is 11.4 Å². The first-order chi connectivity index (χ1) is 16.9. The fraction of sp³-hybridized carbons (Fsp3) is 0.296. The highest BCUT2D eigenvalue weighted by Gasteiger charge is 2.29. The number of urea groups is 1. The van der Waals surface area contributed by atoms with Gasteiger partial charge in [-0.3, -0.25) is 0 Å². The van der Waals surface area contributed by atoms with Crippen molar-refractivity contribution in [2.24, 2.45) is 0 Å². The summed E-state index contributed by atoms with van der Waals surface area (Å²) in [6, 6.07) is 13.5. The smallest absolute Gasteiger partial charge is 0.322 e. The Labute approximate surface area is 203 Å². The topological polar surface area (TPSA) is 71.0 Å². The summed E-state index contributed by atoms with van der Waals surface area (Å²) in [6.07, 6.45) is 3.55. The van der Waals surface area contributed by atoms with E-state index in [4.69, 9.17) is 9.47 Å². The van der Waals surface area contributed by atoms with E-state index in [1.807, 2.05) is 18.2 Å². The van der Waals surface area contributed by atoms with Crippen LogP contribution in [0.2, 0.25) is 0 Å². The Morgan fingerprint density at radius 1 is 1.06 bits per heavy atom. The number of carbonyl (C=O) groups is 1. The largest absolute Gasteiger partial charge is 0.502 e. The van der Waals surface area contributed by atoms with Gasteiger partial charge in [0.05, 0.1) is 25.9 Å². The van der Waals surface area contributed by atoms with Crippen LogP contribution in [-0.2, 0) is 13.0 Å². The van der Waals surface area contributed by atoms with Crippen molar-refractivity contribution in [2.75, 3.05) is 19.5 Å². The second kappa shape index (κ2) is 10.6. The molecule has 2 amide bonds. The van der Waals surface area contributed by atoms with Crippen LogP contribution < -0.4 is 14.8 Å². The molecule has 1 aliphatic rings. The second-order valence-electron chi connectivity index (χ2n) is 8.49. The van der Waals surface area contributed by atoms with E-state index in [0.717, 1.165) is 43.4 Å². The van der Waals surface area contributed by atoms with Gasteiger partial charge in [0.2, 0.25) is 5.75 Å². The van der Waals surface area contributed by atoms with Crippen molar-refractivity contribution in [3.63, 3.8) is 0 Å². The molecule has 1 atom stereocenters. The predicted molar refractivity (Wildman–Crippen MR) is 129 cm³/mol. The average molecular weight is 483 g/mol. The van der Waals surface area contributed by atoms with Crippen molar-refractivity contribution in [2.45, 2.75) is 38.3 Å². The molecule has 8 heteroatoms. The third kappa shape index (κ3) is 5.31. The Kier molecular flexibility index (Phi) is 7.39. The standard InChI is InChI=1S/C27H28F2N2O4/c1-34-24-13-17(14-25(35-2)26(24)32)16-31(27(33)30-22-12-11-19(28)15-21(22)29)23-10-6-4-8-18-7-3-5-9-20(18)23/h3,5,7,9,11-15,23,32H,4,6,8,10,16H2,1-2H3,(H,30,33). The molecule has 0 spiro atoms. The first kappa shape index (κ1) is 24.3. The molecule has 0 fully saturated rings. The molecule has 1 aliphatic carbocycles. The van der Waals surface area contributed by atoms with E-state index >= 15 is 0 Å². The normalized spacial score (nSPS) is 15.0. The maximum Gasteiger partial charge on any atom is 0.322 e. The summed E-state index contributed by atoms with van der Waals surface area (Å²) in [6.45, 7) is 0.140. The lowest BCUT2D eigenvalue weighted by atomic mass is 9.97. The van der Waals surface area contributed by atoms with Crippen LogP contribution in [0.3, 0.4) is 0 Å². The minimum atomic E-state index is -0.854. The molecule has 0 aromatic heterocycles. The molecule has 0 bridgehead atoms. The molecule has 0 aliphatic heterocycles. The number of aryl methyl sites for hydroxylation is 1. The summed E-state index contributed by atoms with van der Waals surface area (Å²) in [5, 5.41) is 12.9. The summed E-state index contributed by atoms with van der Waals surface area (Å²) in [7, 11) is 2.86. The van der Waals surface area contributed by atoms with Crippen LogP contribution in [0.4, 0.5) is 19.3 Å². The van der Waals surface area contributed by atoms with Crippen LogP contribution in [0.25, 0.3) is 0 Å². The molecule has 0 saturated carbocycles. The summed E-state index contributed by atoms with van der Waals surface area (Å²) in [5.74, 6) is -1.29. The number of nitrogens with one attached hydrogen (secondary N) is 1. The summed E-state index contributed by atoms with van der Waals surface area (Å²) in [4.78, 5) is 15.2. The number of phenolic OH excluding ortho intramolecular Hbond substituents is 1. The Balaban J connectivity index is 1.74. The monoisotopic (exact) mass is 482 g/mol. The van der Waals surface area contributed by atoms with Crippen LogP contribution >= 0.6 is 0 Å². The zero-order chi connectivity index (χ0) is 24.9. The number of halogens is 2. The summed E-state index contributed by atoms with van der Waals surface area (Å²) < 4.78 is 38.3. The van der Waals surface area contributed by atoms with Gasteiger partial charge in [-0.25, -0.2) is 13.6 Å². The van der Waals surface area contributed by atoms with E-state index in [1.54, 1.807) is 17.0 Å². The summed E-state index contributed by atoms with van der Waals surface area (Å²) in [5.41, 5.74) is 2.76. The maximum absolute atomic E-state index is 14.4. The summed E-state index contributed by atoms with van der Waals surface area (Å²) >= 11 is 0. The molecule has 3 aromatic carbocycles. The molecule has 4 rings (SSSR count). The van der Waals surface area contributed by atoms with E-state index < -0.39 is 17.7 Å². The van der Waals surface area contributed by atoms with Crippen LogP contribution in [0.5, 0.6) is 17.2 Å². The van der Waals surface area contributed by atoms with Gasteiger partial charge in [-0.05, 0) is 60.2 Å². The van der Waals surface area contributed by atoms with Crippen LogP contribution in [-0.4, -0.2) is 30.3 Å². The van der Waals surface area contributed by atoms with Crippen molar-refractivity contribution in [1.29, 1.82) is 0 Å². The van der Waals surface area contributed by atoms with Gasteiger partial charge in [-0.1, -0.05) is 30.7 Å². The molecule has 0 heterocycles. The zero-order valence-corrected chi connectivity index (χ0v) is 19.7. The fourth-order valence-electron chi connectivity index (χ4n) is 4.56. The Bertz CT molecular complexity index is 1190. The third-order valence-electron chi connectivity index (χ3n) is 6.29. The Hall–Kier alpha value is -3.81. The number of methoxy groups -OCH3 is 2. The number of anilines is 1. The molecule has 1 unspecified atom stereocenters. The first-order valence-corrected chi connectivity index (χ1v) is 11.5. The quantitative estimate of drug-likeness (QED) is 0.411. The lowest BCUT2D eigenvalue weighted by Crippen LogP contribution is -2.38. The number of fused-ring (bicyclic) bond motifs is 1. The lowest BCUT2D eigenvalue weighted by molar-refractivity contribution is 0.179. The van der Waals surface area contributed by atoms with Gasteiger partial charge in [0.1, 0.15) is 11.6 Å². The van der Waals surface area contributed by atoms with Gasteiger partial charge in [0, 0.05) is 12.6 Å². The number of ether oxygens (including phenoxy) is 2. The van der Waals surface area contributed by atoms with Gasteiger partial charge in [0.25, 0.3) is 0 Å². The molecule has 6 nitrogen and oxygen atoms in total. The van der Waals surface area contributed by atoms with Gasteiger partial charge < -0.3 is 24.8 Å². The number of hydrogen-bond acceptors (Lipinski definition) is 4. The van der Waals surface area contributed by atoms with Crippen LogP contribution in [0.1, 0.15) is 42.0 Å². The number of nitrogens with zero attached hydrogens (tertiary/aromatic N) is 1. The Morgan fingerprint density at radius 3 is 2.46 bits per heavy atom. The highest BCUT2D eigenvalue weighted by molar-refractivity contribution is 5.89. The molecule has 0 radical (unpaired) electrons. The van der Waals surface area contributed by atoms with Gasteiger partial charge in [0.15, 0.2) is 11.5 Å². The number of rotatable bonds is 6. The third-order valence-corrected chi connectivity index (χ3v) is 6.29. The zero-order valence-electron chi connectivity index (χ0n) is 19.7. The highest BCUT2D eigenvalue weighted by atomic mass is 19.1. The maximum atomic E-state index is 14.4. The minimum absolute atomic E-state index is 0.107. The Morgan fingerprint density at radius 2 is 1.77 bits per heavy atom. The van der Waals surface area contributed by atoms with E-state index in [-0.39, 0.29) is 35.5 Å². The number of amides is 2. The van der Waals surface area contributed by atoms with Crippen molar-refractivity contribution >= 4 is 11.7 Å². The van der Waals surface area contributed by atoms with E-state index in [0.29, 0.717) is 5.56 Å². The molecule has 0 saturated heterocycles.